The summed E-state index contributed by atoms with van der Waals surface area (Å²) in [6, 6.07) is 12.3. The molecule has 2 aliphatic rings. The van der Waals surface area contributed by atoms with Gasteiger partial charge in [-0.3, -0.25) is 0 Å². The van der Waals surface area contributed by atoms with Gasteiger partial charge in [0.15, 0.2) is 0 Å². The van der Waals surface area contributed by atoms with Gasteiger partial charge in [0.2, 0.25) is 0 Å². The van der Waals surface area contributed by atoms with Crippen molar-refractivity contribution in [3.63, 3.8) is 0 Å². The van der Waals surface area contributed by atoms with Crippen molar-refractivity contribution in [3.8, 4) is 0 Å². The minimum atomic E-state index is 0.138. The predicted octanol–water partition coefficient (Wildman–Crippen LogP) is 3.64. The van der Waals surface area contributed by atoms with Crippen LogP contribution < -0.4 is 16.0 Å². The first-order valence-electron chi connectivity index (χ1n) is 11.0. The largest absolute Gasteiger partial charge is 0.379 e. The number of benzene rings is 1. The van der Waals surface area contributed by atoms with Crippen molar-refractivity contribution in [3.05, 3.63) is 35.9 Å². The molecule has 1 aromatic carbocycles. The molecule has 152 valence electrons. The van der Waals surface area contributed by atoms with Crippen LogP contribution in [0.15, 0.2) is 30.3 Å². The summed E-state index contributed by atoms with van der Waals surface area (Å²) in [7, 11) is 0. The van der Waals surface area contributed by atoms with Gasteiger partial charge < -0.3 is 20.7 Å². The van der Waals surface area contributed by atoms with E-state index in [1.807, 2.05) is 0 Å². The number of ether oxygens (including phenoxy) is 1. The van der Waals surface area contributed by atoms with Crippen LogP contribution in [0.25, 0.3) is 0 Å². The van der Waals surface area contributed by atoms with Gasteiger partial charge in [0.05, 0.1) is 13.2 Å². The molecule has 0 bridgehead atoms. The summed E-state index contributed by atoms with van der Waals surface area (Å²) in [5, 5.41) is 11.6. The Morgan fingerprint density at radius 3 is 2.63 bits per heavy atom. The fourth-order valence-electron chi connectivity index (χ4n) is 4.95. The fourth-order valence-corrected chi connectivity index (χ4v) is 4.95. The Morgan fingerprint density at radius 2 is 1.96 bits per heavy atom. The Hall–Kier alpha value is -0.940. The molecule has 1 aliphatic carbocycles. The van der Waals surface area contributed by atoms with Gasteiger partial charge in [-0.05, 0) is 44.1 Å². The van der Waals surface area contributed by atoms with Crippen molar-refractivity contribution >= 4 is 0 Å². The summed E-state index contributed by atoms with van der Waals surface area (Å²) in [5.41, 5.74) is 1.50. The monoisotopic (exact) mass is 373 g/mol. The zero-order chi connectivity index (χ0) is 19.1. The SMILES string of the molecule is CCC(CC)(CNC1CCCC1C1COCCN1)NC(C)c1ccccc1. The van der Waals surface area contributed by atoms with Crippen molar-refractivity contribution < 1.29 is 4.74 Å². The van der Waals surface area contributed by atoms with Crippen LogP contribution in [0.3, 0.4) is 0 Å². The molecule has 2 fully saturated rings. The molecule has 1 saturated carbocycles. The second-order valence-electron chi connectivity index (χ2n) is 8.48. The van der Waals surface area contributed by atoms with E-state index in [0.29, 0.717) is 24.0 Å². The zero-order valence-electron chi connectivity index (χ0n) is 17.5. The van der Waals surface area contributed by atoms with Crippen molar-refractivity contribution in [2.45, 2.75) is 76.5 Å². The molecular weight excluding hydrogens is 334 g/mol. The molecule has 4 nitrogen and oxygen atoms in total. The van der Waals surface area contributed by atoms with Gasteiger partial charge in [-0.1, -0.05) is 50.6 Å². The lowest BCUT2D eigenvalue weighted by Gasteiger charge is -2.39. The molecule has 3 rings (SSSR count). The van der Waals surface area contributed by atoms with E-state index in [0.717, 1.165) is 39.1 Å². The van der Waals surface area contributed by atoms with Crippen LogP contribution in [0, 0.1) is 5.92 Å². The number of rotatable bonds is 9. The third-order valence-electron chi connectivity index (χ3n) is 6.92. The van der Waals surface area contributed by atoms with Crippen LogP contribution in [0.2, 0.25) is 0 Å². The Kier molecular flexibility index (Phi) is 7.71. The van der Waals surface area contributed by atoms with E-state index in [9.17, 15) is 0 Å². The maximum atomic E-state index is 5.73. The van der Waals surface area contributed by atoms with Crippen LogP contribution in [-0.4, -0.2) is 43.9 Å². The summed E-state index contributed by atoms with van der Waals surface area (Å²) < 4.78 is 5.73. The van der Waals surface area contributed by atoms with E-state index < -0.39 is 0 Å². The van der Waals surface area contributed by atoms with Gasteiger partial charge in [-0.25, -0.2) is 0 Å². The second-order valence-corrected chi connectivity index (χ2v) is 8.48. The summed E-state index contributed by atoms with van der Waals surface area (Å²) in [5.74, 6) is 0.697. The van der Waals surface area contributed by atoms with Gasteiger partial charge in [0, 0.05) is 36.8 Å². The molecule has 1 aliphatic heterocycles. The number of hydrogen-bond donors (Lipinski definition) is 3. The van der Waals surface area contributed by atoms with E-state index >= 15 is 0 Å². The summed E-state index contributed by atoms with van der Waals surface area (Å²) >= 11 is 0. The third kappa shape index (κ3) is 5.32. The molecule has 1 aromatic rings. The van der Waals surface area contributed by atoms with Crippen molar-refractivity contribution in [1.29, 1.82) is 0 Å². The third-order valence-corrected chi connectivity index (χ3v) is 6.92. The quantitative estimate of drug-likeness (QED) is 0.618. The highest BCUT2D eigenvalue weighted by Gasteiger charge is 2.36. The topological polar surface area (TPSA) is 45.3 Å². The second kappa shape index (κ2) is 10.0. The fraction of sp³-hybridized carbons (Fsp3) is 0.739. The highest BCUT2D eigenvalue weighted by atomic mass is 16.5. The molecule has 0 aromatic heterocycles. The van der Waals surface area contributed by atoms with E-state index in [1.54, 1.807) is 0 Å². The van der Waals surface area contributed by atoms with Gasteiger partial charge in [-0.15, -0.1) is 0 Å². The number of nitrogens with one attached hydrogen (secondary N) is 3. The first-order valence-corrected chi connectivity index (χ1v) is 11.0. The van der Waals surface area contributed by atoms with E-state index in [1.165, 1.54) is 24.8 Å². The molecule has 1 saturated heterocycles. The number of hydrogen-bond acceptors (Lipinski definition) is 4. The lowest BCUT2D eigenvalue weighted by Crippen LogP contribution is -2.57. The van der Waals surface area contributed by atoms with Gasteiger partial charge in [-0.2, -0.15) is 0 Å². The maximum absolute atomic E-state index is 5.73. The molecule has 27 heavy (non-hydrogen) atoms. The zero-order valence-corrected chi connectivity index (χ0v) is 17.5. The summed E-state index contributed by atoms with van der Waals surface area (Å²) in [6.45, 7) is 10.7. The Balaban J connectivity index is 1.59. The lowest BCUT2D eigenvalue weighted by atomic mass is 9.88. The van der Waals surface area contributed by atoms with E-state index in [4.69, 9.17) is 4.74 Å². The average molecular weight is 374 g/mol. The molecule has 4 unspecified atom stereocenters. The average Bonchev–Trinajstić information content (AvgIpc) is 3.21. The van der Waals surface area contributed by atoms with Crippen LogP contribution >= 0.6 is 0 Å². The molecule has 0 spiro atoms. The standard InChI is InChI=1S/C23H39N3O/c1-4-23(5-2,26-18(3)19-10-7-6-8-11-19)17-25-21-13-9-12-20(21)22-16-27-15-14-24-22/h6-8,10-11,18,20-22,24-26H,4-5,9,12-17H2,1-3H3. The van der Waals surface area contributed by atoms with Crippen molar-refractivity contribution in [2.75, 3.05) is 26.3 Å². The summed E-state index contributed by atoms with van der Waals surface area (Å²) in [6.07, 6.45) is 6.21. The molecule has 3 N–H and O–H groups in total. The predicted molar refractivity (Wildman–Crippen MR) is 113 cm³/mol. The normalized spacial score (nSPS) is 27.6. The van der Waals surface area contributed by atoms with Crippen LogP contribution in [0.5, 0.6) is 0 Å². The summed E-state index contributed by atoms with van der Waals surface area (Å²) in [4.78, 5) is 0. The molecule has 4 atom stereocenters. The van der Waals surface area contributed by atoms with Gasteiger partial charge >= 0.3 is 0 Å². The first-order chi connectivity index (χ1) is 13.2. The lowest BCUT2D eigenvalue weighted by molar-refractivity contribution is 0.0517. The highest BCUT2D eigenvalue weighted by Crippen LogP contribution is 2.30. The van der Waals surface area contributed by atoms with Crippen LogP contribution in [0.1, 0.15) is 64.5 Å². The van der Waals surface area contributed by atoms with Gasteiger partial charge in [0.1, 0.15) is 0 Å². The first kappa shape index (κ1) is 20.8. The minimum Gasteiger partial charge on any atom is -0.379 e. The van der Waals surface area contributed by atoms with Gasteiger partial charge in [0.25, 0.3) is 0 Å². The van der Waals surface area contributed by atoms with Crippen LogP contribution in [-0.2, 0) is 4.74 Å². The molecule has 1 heterocycles. The molecule has 0 radical (unpaired) electrons. The highest BCUT2D eigenvalue weighted by molar-refractivity contribution is 5.19. The minimum absolute atomic E-state index is 0.138. The van der Waals surface area contributed by atoms with Crippen LogP contribution in [0.4, 0.5) is 0 Å². The Bertz CT molecular complexity index is 540. The molecule has 4 heteroatoms. The number of morpholine rings is 1. The van der Waals surface area contributed by atoms with E-state index in [2.05, 4.69) is 67.1 Å². The van der Waals surface area contributed by atoms with Crippen molar-refractivity contribution in [1.82, 2.24) is 16.0 Å². The molecule has 0 amide bonds. The molecular formula is C23H39N3O. The smallest absolute Gasteiger partial charge is 0.0623 e. The van der Waals surface area contributed by atoms with E-state index in [-0.39, 0.29) is 5.54 Å². The maximum Gasteiger partial charge on any atom is 0.0623 e. The Labute approximate surface area is 165 Å². The van der Waals surface area contributed by atoms with Crippen molar-refractivity contribution in [2.24, 2.45) is 5.92 Å². The Morgan fingerprint density at radius 1 is 1.19 bits per heavy atom.